The first-order valence-corrected chi connectivity index (χ1v) is 5.89. The number of benzene rings is 1. The number of ether oxygens (including phenoxy) is 1. The van der Waals surface area contributed by atoms with E-state index in [9.17, 15) is 4.79 Å². The van der Waals surface area contributed by atoms with Gasteiger partial charge in [0.1, 0.15) is 5.75 Å². The molecule has 2 N–H and O–H groups in total. The summed E-state index contributed by atoms with van der Waals surface area (Å²) in [6.45, 7) is 4.19. The molecule has 0 saturated carbocycles. The van der Waals surface area contributed by atoms with Crippen molar-refractivity contribution in [3.8, 4) is 5.75 Å². The molecule has 0 aliphatic carbocycles. The highest BCUT2D eigenvalue weighted by Crippen LogP contribution is 2.33. The van der Waals surface area contributed by atoms with Gasteiger partial charge >= 0.3 is 0 Å². The van der Waals surface area contributed by atoms with E-state index < -0.39 is 0 Å². The Morgan fingerprint density at radius 1 is 1.50 bits per heavy atom. The summed E-state index contributed by atoms with van der Waals surface area (Å²) in [5.41, 5.74) is 7.99. The lowest BCUT2D eigenvalue weighted by atomic mass is 9.97. The van der Waals surface area contributed by atoms with Crippen molar-refractivity contribution in [3.05, 3.63) is 27.2 Å². The van der Waals surface area contributed by atoms with Crippen LogP contribution in [0.4, 0.5) is 0 Å². The molecule has 0 atom stereocenters. The third-order valence-corrected chi connectivity index (χ3v) is 3.52. The standard InChI is InChI=1S/C12H16BrNO2/c1-7-6-10(16-3)12(13)8(2)11(7)9(15)4-5-14/h6H,4-5,14H2,1-3H3. The molecule has 0 unspecified atom stereocenters. The highest BCUT2D eigenvalue weighted by atomic mass is 79.9. The smallest absolute Gasteiger partial charge is 0.164 e. The highest BCUT2D eigenvalue weighted by molar-refractivity contribution is 9.10. The zero-order valence-corrected chi connectivity index (χ0v) is 11.3. The highest BCUT2D eigenvalue weighted by Gasteiger charge is 2.16. The van der Waals surface area contributed by atoms with Crippen molar-refractivity contribution in [2.24, 2.45) is 5.73 Å². The molecule has 88 valence electrons. The van der Waals surface area contributed by atoms with Crippen LogP contribution in [0.3, 0.4) is 0 Å². The molecule has 3 nitrogen and oxygen atoms in total. The lowest BCUT2D eigenvalue weighted by Crippen LogP contribution is -2.11. The minimum absolute atomic E-state index is 0.0841. The van der Waals surface area contributed by atoms with Gasteiger partial charge in [0, 0.05) is 12.0 Å². The number of rotatable bonds is 4. The van der Waals surface area contributed by atoms with Crippen LogP contribution in [0.5, 0.6) is 5.75 Å². The van der Waals surface area contributed by atoms with E-state index in [0.29, 0.717) is 13.0 Å². The zero-order chi connectivity index (χ0) is 12.3. The van der Waals surface area contributed by atoms with E-state index in [0.717, 1.165) is 26.9 Å². The fraction of sp³-hybridized carbons (Fsp3) is 0.417. The van der Waals surface area contributed by atoms with Crippen LogP contribution in [0.15, 0.2) is 10.5 Å². The van der Waals surface area contributed by atoms with Gasteiger partial charge in [-0.1, -0.05) is 0 Å². The van der Waals surface area contributed by atoms with Gasteiger partial charge in [0.25, 0.3) is 0 Å². The van der Waals surface area contributed by atoms with Crippen molar-refractivity contribution >= 4 is 21.7 Å². The minimum Gasteiger partial charge on any atom is -0.496 e. The molecule has 0 spiro atoms. The molecule has 0 amide bonds. The third-order valence-electron chi connectivity index (χ3n) is 2.53. The van der Waals surface area contributed by atoms with Crippen LogP contribution >= 0.6 is 15.9 Å². The Hall–Kier alpha value is -0.870. The topological polar surface area (TPSA) is 52.3 Å². The quantitative estimate of drug-likeness (QED) is 0.866. The van der Waals surface area contributed by atoms with Crippen molar-refractivity contribution in [2.45, 2.75) is 20.3 Å². The van der Waals surface area contributed by atoms with Gasteiger partial charge in [-0.3, -0.25) is 4.79 Å². The van der Waals surface area contributed by atoms with E-state index in [-0.39, 0.29) is 5.78 Å². The molecule has 0 aliphatic heterocycles. The van der Waals surface area contributed by atoms with Crippen molar-refractivity contribution in [3.63, 3.8) is 0 Å². The molecular formula is C12H16BrNO2. The first-order valence-electron chi connectivity index (χ1n) is 5.09. The Bertz CT molecular complexity index is 416. The number of carbonyl (C=O) groups excluding carboxylic acids is 1. The summed E-state index contributed by atoms with van der Waals surface area (Å²) in [4.78, 5) is 11.9. The molecule has 0 saturated heterocycles. The molecule has 1 rings (SSSR count). The van der Waals surface area contributed by atoms with Crippen LogP contribution in [-0.2, 0) is 0 Å². The van der Waals surface area contributed by atoms with Gasteiger partial charge in [0.2, 0.25) is 0 Å². The molecule has 0 radical (unpaired) electrons. The number of hydrogen-bond donors (Lipinski definition) is 1. The molecule has 0 fully saturated rings. The fourth-order valence-electron chi connectivity index (χ4n) is 1.76. The van der Waals surface area contributed by atoms with Gasteiger partial charge in [-0.05, 0) is 53.5 Å². The minimum atomic E-state index is 0.0841. The molecular weight excluding hydrogens is 270 g/mol. The fourth-order valence-corrected chi connectivity index (χ4v) is 2.23. The number of aryl methyl sites for hydroxylation is 1. The molecule has 0 aliphatic rings. The summed E-state index contributed by atoms with van der Waals surface area (Å²) < 4.78 is 6.05. The van der Waals surface area contributed by atoms with Crippen molar-refractivity contribution in [1.82, 2.24) is 0 Å². The third kappa shape index (κ3) is 2.44. The maximum atomic E-state index is 11.9. The number of methoxy groups -OCH3 is 1. The van der Waals surface area contributed by atoms with Gasteiger partial charge in [0.15, 0.2) is 5.78 Å². The van der Waals surface area contributed by atoms with Gasteiger partial charge in [-0.15, -0.1) is 0 Å². The maximum absolute atomic E-state index is 11.9. The Morgan fingerprint density at radius 2 is 2.12 bits per heavy atom. The largest absolute Gasteiger partial charge is 0.496 e. The van der Waals surface area contributed by atoms with E-state index in [1.54, 1.807) is 7.11 Å². The molecule has 1 aromatic carbocycles. The number of nitrogens with two attached hydrogens (primary N) is 1. The van der Waals surface area contributed by atoms with E-state index in [2.05, 4.69) is 15.9 Å². The van der Waals surface area contributed by atoms with E-state index in [1.165, 1.54) is 0 Å². The van der Waals surface area contributed by atoms with Crippen LogP contribution in [0.2, 0.25) is 0 Å². The summed E-state index contributed by atoms with van der Waals surface area (Å²) >= 11 is 3.44. The van der Waals surface area contributed by atoms with Crippen LogP contribution in [-0.4, -0.2) is 19.4 Å². The second-order valence-electron chi connectivity index (χ2n) is 3.67. The first-order chi connectivity index (χ1) is 7.52. The zero-order valence-electron chi connectivity index (χ0n) is 9.76. The predicted octanol–water partition coefficient (Wildman–Crippen LogP) is 2.61. The maximum Gasteiger partial charge on any atom is 0.164 e. The molecule has 4 heteroatoms. The van der Waals surface area contributed by atoms with Crippen LogP contribution in [0, 0.1) is 13.8 Å². The summed E-state index contributed by atoms with van der Waals surface area (Å²) in [5, 5.41) is 0. The monoisotopic (exact) mass is 285 g/mol. The Balaban J connectivity index is 3.30. The Kier molecular flexibility index (Phi) is 4.50. The van der Waals surface area contributed by atoms with Gasteiger partial charge in [-0.25, -0.2) is 0 Å². The first kappa shape index (κ1) is 13.2. The second-order valence-corrected chi connectivity index (χ2v) is 4.46. The lowest BCUT2D eigenvalue weighted by Gasteiger charge is -2.13. The van der Waals surface area contributed by atoms with Gasteiger partial charge in [0.05, 0.1) is 11.6 Å². The Labute approximate surface area is 104 Å². The average molecular weight is 286 g/mol. The molecule has 16 heavy (non-hydrogen) atoms. The number of Topliss-reactive ketones (excluding diaryl/α,β-unsaturated/α-hetero) is 1. The summed E-state index contributed by atoms with van der Waals surface area (Å²) in [5.74, 6) is 0.833. The average Bonchev–Trinajstić information content (AvgIpc) is 2.24. The van der Waals surface area contributed by atoms with Crippen LogP contribution in [0.25, 0.3) is 0 Å². The summed E-state index contributed by atoms with van der Waals surface area (Å²) in [6, 6.07) is 1.86. The van der Waals surface area contributed by atoms with Crippen molar-refractivity contribution < 1.29 is 9.53 Å². The lowest BCUT2D eigenvalue weighted by molar-refractivity contribution is 0.0984. The SMILES string of the molecule is COc1cc(C)c(C(=O)CCN)c(C)c1Br. The summed E-state index contributed by atoms with van der Waals surface area (Å²) in [7, 11) is 1.61. The molecule has 0 aromatic heterocycles. The van der Waals surface area contributed by atoms with Gasteiger partial charge in [-0.2, -0.15) is 0 Å². The van der Waals surface area contributed by atoms with Crippen LogP contribution in [0.1, 0.15) is 27.9 Å². The summed E-state index contributed by atoms with van der Waals surface area (Å²) in [6.07, 6.45) is 0.375. The molecule has 0 bridgehead atoms. The van der Waals surface area contributed by atoms with E-state index in [1.807, 2.05) is 19.9 Å². The van der Waals surface area contributed by atoms with Crippen molar-refractivity contribution in [2.75, 3.05) is 13.7 Å². The van der Waals surface area contributed by atoms with Crippen LogP contribution < -0.4 is 10.5 Å². The van der Waals surface area contributed by atoms with E-state index in [4.69, 9.17) is 10.5 Å². The number of halogens is 1. The van der Waals surface area contributed by atoms with Gasteiger partial charge < -0.3 is 10.5 Å². The van der Waals surface area contributed by atoms with Crippen molar-refractivity contribution in [1.29, 1.82) is 0 Å². The molecule has 1 aromatic rings. The number of hydrogen-bond acceptors (Lipinski definition) is 3. The normalized spacial score (nSPS) is 10.3. The Morgan fingerprint density at radius 3 is 2.62 bits per heavy atom. The molecule has 0 heterocycles. The number of carbonyl (C=O) groups is 1. The number of ketones is 1. The second kappa shape index (κ2) is 5.46. The van der Waals surface area contributed by atoms with E-state index >= 15 is 0 Å². The predicted molar refractivity (Wildman–Crippen MR) is 68.2 cm³/mol.